The zero-order valence-electron chi connectivity index (χ0n) is 15.6. The molecule has 128 valence electrons. The summed E-state index contributed by atoms with van der Waals surface area (Å²) in [5, 5.41) is 2.43. The highest BCUT2D eigenvalue weighted by atomic mass is 16.7. The highest BCUT2D eigenvalue weighted by molar-refractivity contribution is 6.45. The molecule has 2 aromatic rings. The molecule has 0 saturated carbocycles. The molecule has 24 heavy (non-hydrogen) atoms. The van der Waals surface area contributed by atoms with Crippen molar-refractivity contribution < 1.29 is 14.0 Å². The fraction of sp³-hybridized carbons (Fsp3) is 0.500. The Hall–Kier alpha value is -1.52. The van der Waals surface area contributed by atoms with Gasteiger partial charge in [-0.3, -0.25) is 0 Å². The molecule has 0 bridgehead atoms. The van der Waals surface area contributed by atoms with Crippen LogP contribution in [0.15, 0.2) is 36.4 Å². The molecule has 0 N–H and O–H groups in total. The van der Waals surface area contributed by atoms with Gasteiger partial charge < -0.3 is 14.0 Å². The second-order valence-corrected chi connectivity index (χ2v) is 7.80. The molecule has 1 saturated heterocycles. The zero-order valence-corrected chi connectivity index (χ0v) is 15.6. The number of fused-ring (bicyclic) bond motifs is 1. The molecular formula is C20H27BO3. The Bertz CT molecular complexity index is 723. The summed E-state index contributed by atoms with van der Waals surface area (Å²) in [6.45, 7) is 10.6. The largest absolute Gasteiger partial charge is 0.497 e. The van der Waals surface area contributed by atoms with Gasteiger partial charge in [-0.1, -0.05) is 31.2 Å². The van der Waals surface area contributed by atoms with E-state index < -0.39 is 0 Å². The summed E-state index contributed by atoms with van der Waals surface area (Å²) in [5.74, 6) is 1.26. The molecule has 3 nitrogen and oxygen atoms in total. The normalized spacial score (nSPS) is 20.3. The van der Waals surface area contributed by atoms with E-state index in [1.54, 1.807) is 7.11 Å². The first kappa shape index (κ1) is 17.3. The molecule has 1 atom stereocenters. The molecule has 3 rings (SSSR count). The lowest BCUT2D eigenvalue weighted by atomic mass is 9.75. The maximum Gasteiger partial charge on any atom is 0.458 e. The van der Waals surface area contributed by atoms with Gasteiger partial charge in [0.1, 0.15) is 5.75 Å². The molecule has 1 unspecified atom stereocenters. The lowest BCUT2D eigenvalue weighted by Gasteiger charge is -2.32. The van der Waals surface area contributed by atoms with E-state index in [0.717, 1.165) is 12.1 Å². The molecule has 2 aromatic carbocycles. The molecule has 1 aliphatic rings. The molecule has 4 heteroatoms. The van der Waals surface area contributed by atoms with Crippen molar-refractivity contribution in [3.8, 4) is 5.75 Å². The maximum atomic E-state index is 6.14. The molecule has 0 spiro atoms. The molecule has 0 radical (unpaired) electrons. The minimum absolute atomic E-state index is 0.156. The van der Waals surface area contributed by atoms with E-state index in [2.05, 4.69) is 65.0 Å². The molecule has 1 heterocycles. The average Bonchev–Trinajstić information content (AvgIpc) is 2.73. The van der Waals surface area contributed by atoms with E-state index in [1.165, 1.54) is 16.3 Å². The first-order valence-corrected chi connectivity index (χ1v) is 8.65. The van der Waals surface area contributed by atoms with Crippen LogP contribution in [0, 0.1) is 0 Å². The van der Waals surface area contributed by atoms with Gasteiger partial charge in [-0.25, -0.2) is 0 Å². The van der Waals surface area contributed by atoms with Crippen LogP contribution in [0.4, 0.5) is 0 Å². The third-order valence-electron chi connectivity index (χ3n) is 5.49. The van der Waals surface area contributed by atoms with Crippen molar-refractivity contribution in [2.24, 2.45) is 0 Å². The van der Waals surface area contributed by atoms with Gasteiger partial charge in [-0.15, -0.1) is 0 Å². The number of hydrogen-bond acceptors (Lipinski definition) is 3. The van der Waals surface area contributed by atoms with Crippen molar-refractivity contribution in [2.45, 2.75) is 58.1 Å². The van der Waals surface area contributed by atoms with Gasteiger partial charge in [-0.2, -0.15) is 0 Å². The van der Waals surface area contributed by atoms with Gasteiger partial charge in [0.05, 0.1) is 18.3 Å². The van der Waals surface area contributed by atoms with Gasteiger partial charge in [0.25, 0.3) is 0 Å². The Morgan fingerprint density at radius 3 is 2.17 bits per heavy atom. The predicted octanol–water partition coefficient (Wildman–Crippen LogP) is 5.04. The first-order chi connectivity index (χ1) is 11.2. The summed E-state index contributed by atoms with van der Waals surface area (Å²) < 4.78 is 17.6. The summed E-state index contributed by atoms with van der Waals surface area (Å²) in [4.78, 5) is 0. The summed E-state index contributed by atoms with van der Waals surface area (Å²) in [7, 11) is 1.54. The second-order valence-electron chi connectivity index (χ2n) is 7.80. The van der Waals surface area contributed by atoms with E-state index in [-0.39, 0.29) is 18.3 Å². The van der Waals surface area contributed by atoms with Crippen LogP contribution >= 0.6 is 0 Å². The van der Waals surface area contributed by atoms with Crippen molar-refractivity contribution in [2.75, 3.05) is 7.11 Å². The van der Waals surface area contributed by atoms with Crippen LogP contribution in [0.1, 0.15) is 46.1 Å². The molecule has 0 amide bonds. The van der Waals surface area contributed by atoms with Gasteiger partial charge in [0, 0.05) is 0 Å². The molecule has 1 aliphatic heterocycles. The maximum absolute atomic E-state index is 6.14. The Morgan fingerprint density at radius 1 is 0.958 bits per heavy atom. The van der Waals surface area contributed by atoms with Gasteiger partial charge >= 0.3 is 7.12 Å². The zero-order chi connectivity index (χ0) is 17.5. The van der Waals surface area contributed by atoms with E-state index in [1.807, 2.05) is 6.07 Å². The van der Waals surface area contributed by atoms with Crippen molar-refractivity contribution in [1.82, 2.24) is 0 Å². The Morgan fingerprint density at radius 2 is 1.54 bits per heavy atom. The summed E-state index contributed by atoms with van der Waals surface area (Å²) >= 11 is 0. The Kier molecular flexibility index (Phi) is 4.39. The minimum atomic E-state index is -0.267. The fourth-order valence-electron chi connectivity index (χ4n) is 3.16. The Labute approximate surface area is 145 Å². The van der Waals surface area contributed by atoms with Crippen molar-refractivity contribution in [1.29, 1.82) is 0 Å². The van der Waals surface area contributed by atoms with Crippen LogP contribution in [0.3, 0.4) is 0 Å². The van der Waals surface area contributed by atoms with Crippen LogP contribution in [0.25, 0.3) is 10.8 Å². The highest BCUT2D eigenvalue weighted by Crippen LogP contribution is 2.39. The van der Waals surface area contributed by atoms with E-state index in [0.29, 0.717) is 5.92 Å². The molecule has 0 aliphatic carbocycles. The van der Waals surface area contributed by atoms with Gasteiger partial charge in [-0.05, 0) is 68.4 Å². The van der Waals surface area contributed by atoms with Crippen LogP contribution in [0.2, 0.25) is 6.32 Å². The van der Waals surface area contributed by atoms with Crippen molar-refractivity contribution in [3.05, 3.63) is 42.0 Å². The van der Waals surface area contributed by atoms with Gasteiger partial charge in [0.15, 0.2) is 0 Å². The predicted molar refractivity (Wildman–Crippen MR) is 99.8 cm³/mol. The smallest absolute Gasteiger partial charge is 0.458 e. The van der Waals surface area contributed by atoms with E-state index >= 15 is 0 Å². The monoisotopic (exact) mass is 326 g/mol. The van der Waals surface area contributed by atoms with Crippen molar-refractivity contribution in [3.63, 3.8) is 0 Å². The molecular weight excluding hydrogens is 299 g/mol. The molecule has 0 aromatic heterocycles. The minimum Gasteiger partial charge on any atom is -0.497 e. The summed E-state index contributed by atoms with van der Waals surface area (Å²) in [5.41, 5.74) is 0.775. The number of hydrogen-bond donors (Lipinski definition) is 0. The highest BCUT2D eigenvalue weighted by Gasteiger charge is 2.51. The topological polar surface area (TPSA) is 27.7 Å². The average molecular weight is 326 g/mol. The number of methoxy groups -OCH3 is 1. The summed E-state index contributed by atoms with van der Waals surface area (Å²) in [6.07, 6.45) is 0.856. The number of benzene rings is 2. The fourth-order valence-corrected chi connectivity index (χ4v) is 3.16. The van der Waals surface area contributed by atoms with E-state index in [4.69, 9.17) is 14.0 Å². The van der Waals surface area contributed by atoms with Crippen molar-refractivity contribution >= 4 is 17.9 Å². The van der Waals surface area contributed by atoms with E-state index in [9.17, 15) is 0 Å². The number of ether oxygens (including phenoxy) is 1. The third-order valence-corrected chi connectivity index (χ3v) is 5.49. The van der Waals surface area contributed by atoms with Crippen LogP contribution in [0.5, 0.6) is 5.75 Å². The van der Waals surface area contributed by atoms with Crippen LogP contribution in [-0.2, 0) is 9.31 Å². The standard InChI is InChI=1S/C20H27BO3/c1-14(13-21-23-19(2,3)20(4,5)24-21)15-7-8-17-12-18(22-6)10-9-16(17)11-15/h7-12,14H,13H2,1-6H3. The third kappa shape index (κ3) is 3.18. The van der Waals surface area contributed by atoms with Crippen LogP contribution in [-0.4, -0.2) is 25.4 Å². The first-order valence-electron chi connectivity index (χ1n) is 8.65. The quantitative estimate of drug-likeness (QED) is 0.736. The summed E-state index contributed by atoms with van der Waals surface area (Å²) in [6, 6.07) is 12.8. The lowest BCUT2D eigenvalue weighted by molar-refractivity contribution is 0.00578. The van der Waals surface area contributed by atoms with Crippen LogP contribution < -0.4 is 4.74 Å². The number of rotatable bonds is 4. The van der Waals surface area contributed by atoms with Gasteiger partial charge in [0.2, 0.25) is 0 Å². The SMILES string of the molecule is COc1ccc2cc(C(C)CB3OC(C)(C)C(C)(C)O3)ccc2c1. The molecule has 1 fully saturated rings. The second kappa shape index (κ2) is 6.09. The lowest BCUT2D eigenvalue weighted by Crippen LogP contribution is -2.41. The Balaban J connectivity index is 1.76.